The highest BCUT2D eigenvalue weighted by Crippen LogP contribution is 2.14. The molecule has 1 rings (SSSR count). The zero-order valence-electron chi connectivity index (χ0n) is 8.92. The minimum absolute atomic E-state index is 0.101. The van der Waals surface area contributed by atoms with Crippen LogP contribution in [0.3, 0.4) is 0 Å². The first-order valence-corrected chi connectivity index (χ1v) is 5.30. The molecule has 1 heterocycles. The second-order valence-electron chi connectivity index (χ2n) is 4.07. The minimum Gasteiger partial charge on any atom is -0.393 e. The highest BCUT2D eigenvalue weighted by molar-refractivity contribution is 5.79. The Morgan fingerprint density at radius 3 is 2.93 bits per heavy atom. The van der Waals surface area contributed by atoms with Crippen molar-refractivity contribution in [2.24, 2.45) is 5.92 Å². The Morgan fingerprint density at radius 2 is 2.43 bits per heavy atom. The minimum atomic E-state index is -0.338. The molecular formula is C10H20N2O2. The van der Waals surface area contributed by atoms with Gasteiger partial charge in [0.1, 0.15) is 0 Å². The third-order valence-corrected chi connectivity index (χ3v) is 2.72. The van der Waals surface area contributed by atoms with E-state index in [1.165, 1.54) is 0 Å². The van der Waals surface area contributed by atoms with Crippen molar-refractivity contribution < 1.29 is 9.90 Å². The standard InChI is InChI=1S/C10H20N2O2/c1-7(13)3-5-12-10(14)9-4-6-11-8(9)2/h7-9,11,13H,3-6H2,1-2H3,(H,12,14). The van der Waals surface area contributed by atoms with E-state index in [0.717, 1.165) is 13.0 Å². The summed E-state index contributed by atoms with van der Waals surface area (Å²) in [5.41, 5.74) is 0. The van der Waals surface area contributed by atoms with Crippen molar-refractivity contribution in [3.8, 4) is 0 Å². The van der Waals surface area contributed by atoms with E-state index in [9.17, 15) is 4.79 Å². The zero-order valence-corrected chi connectivity index (χ0v) is 8.92. The maximum absolute atomic E-state index is 11.6. The van der Waals surface area contributed by atoms with Crippen molar-refractivity contribution in [2.45, 2.75) is 38.8 Å². The number of amides is 1. The summed E-state index contributed by atoms with van der Waals surface area (Å²) in [5.74, 6) is 0.215. The Hall–Kier alpha value is -0.610. The molecule has 1 fully saturated rings. The fourth-order valence-corrected chi connectivity index (χ4v) is 1.75. The molecule has 1 saturated heterocycles. The van der Waals surface area contributed by atoms with Gasteiger partial charge in [-0.3, -0.25) is 4.79 Å². The van der Waals surface area contributed by atoms with Crippen molar-refractivity contribution in [3.05, 3.63) is 0 Å². The summed E-state index contributed by atoms with van der Waals surface area (Å²) in [6, 6.07) is 0.279. The van der Waals surface area contributed by atoms with E-state index < -0.39 is 0 Å². The van der Waals surface area contributed by atoms with Gasteiger partial charge in [0, 0.05) is 12.6 Å². The van der Waals surface area contributed by atoms with Crippen LogP contribution in [0, 0.1) is 5.92 Å². The van der Waals surface area contributed by atoms with Gasteiger partial charge in [-0.1, -0.05) is 0 Å². The van der Waals surface area contributed by atoms with Crippen LogP contribution in [0.5, 0.6) is 0 Å². The van der Waals surface area contributed by atoms with Gasteiger partial charge in [0.15, 0.2) is 0 Å². The number of rotatable bonds is 4. The number of nitrogens with one attached hydrogen (secondary N) is 2. The monoisotopic (exact) mass is 200 g/mol. The van der Waals surface area contributed by atoms with Gasteiger partial charge in [0.05, 0.1) is 12.0 Å². The average Bonchev–Trinajstić information content (AvgIpc) is 2.50. The summed E-state index contributed by atoms with van der Waals surface area (Å²) in [4.78, 5) is 11.6. The molecule has 3 atom stereocenters. The largest absolute Gasteiger partial charge is 0.393 e. The van der Waals surface area contributed by atoms with Crippen molar-refractivity contribution in [3.63, 3.8) is 0 Å². The van der Waals surface area contributed by atoms with Gasteiger partial charge in [-0.25, -0.2) is 0 Å². The van der Waals surface area contributed by atoms with Crippen LogP contribution in [0.4, 0.5) is 0 Å². The summed E-state index contributed by atoms with van der Waals surface area (Å²) in [6.07, 6.45) is 1.21. The van der Waals surface area contributed by atoms with Crippen LogP contribution in [0.1, 0.15) is 26.7 Å². The Labute approximate surface area is 85.1 Å². The number of aliphatic hydroxyl groups is 1. The molecule has 3 unspecified atom stereocenters. The molecule has 82 valence electrons. The Morgan fingerprint density at radius 1 is 1.71 bits per heavy atom. The van der Waals surface area contributed by atoms with Gasteiger partial charge >= 0.3 is 0 Å². The quantitative estimate of drug-likeness (QED) is 0.592. The maximum Gasteiger partial charge on any atom is 0.224 e. The topological polar surface area (TPSA) is 61.4 Å². The van der Waals surface area contributed by atoms with E-state index in [2.05, 4.69) is 10.6 Å². The first kappa shape index (κ1) is 11.5. The van der Waals surface area contributed by atoms with Crippen LogP contribution in [0.2, 0.25) is 0 Å². The van der Waals surface area contributed by atoms with Crippen LogP contribution in [-0.4, -0.2) is 36.2 Å². The zero-order chi connectivity index (χ0) is 10.6. The lowest BCUT2D eigenvalue weighted by atomic mass is 10.0. The first-order valence-electron chi connectivity index (χ1n) is 5.30. The Bertz CT molecular complexity index is 195. The molecule has 4 nitrogen and oxygen atoms in total. The van der Waals surface area contributed by atoms with Crippen molar-refractivity contribution in [2.75, 3.05) is 13.1 Å². The van der Waals surface area contributed by atoms with Crippen LogP contribution in [0.25, 0.3) is 0 Å². The van der Waals surface area contributed by atoms with Gasteiger partial charge in [-0.15, -0.1) is 0 Å². The van der Waals surface area contributed by atoms with Gasteiger partial charge < -0.3 is 15.7 Å². The molecule has 0 aromatic carbocycles. The molecule has 14 heavy (non-hydrogen) atoms. The highest BCUT2D eigenvalue weighted by atomic mass is 16.3. The third-order valence-electron chi connectivity index (χ3n) is 2.72. The molecule has 0 aliphatic carbocycles. The first-order chi connectivity index (χ1) is 6.61. The second-order valence-corrected chi connectivity index (χ2v) is 4.07. The van der Waals surface area contributed by atoms with E-state index in [-0.39, 0.29) is 24.0 Å². The molecule has 1 aliphatic rings. The molecule has 0 radical (unpaired) electrons. The third kappa shape index (κ3) is 3.27. The fourth-order valence-electron chi connectivity index (χ4n) is 1.75. The fraction of sp³-hybridized carbons (Fsp3) is 0.900. The molecule has 1 amide bonds. The van der Waals surface area contributed by atoms with Crippen LogP contribution in [0.15, 0.2) is 0 Å². The van der Waals surface area contributed by atoms with E-state index in [0.29, 0.717) is 13.0 Å². The van der Waals surface area contributed by atoms with Crippen molar-refractivity contribution in [1.29, 1.82) is 0 Å². The van der Waals surface area contributed by atoms with E-state index in [1.807, 2.05) is 6.92 Å². The maximum atomic E-state index is 11.6. The van der Waals surface area contributed by atoms with Gasteiger partial charge in [0.25, 0.3) is 0 Å². The van der Waals surface area contributed by atoms with Gasteiger partial charge in [-0.2, -0.15) is 0 Å². The Kier molecular flexibility index (Phi) is 4.35. The summed E-state index contributed by atoms with van der Waals surface area (Å²) in [5, 5.41) is 15.1. The van der Waals surface area contributed by atoms with Crippen molar-refractivity contribution >= 4 is 5.91 Å². The summed E-state index contributed by atoms with van der Waals surface area (Å²) >= 11 is 0. The number of carbonyl (C=O) groups is 1. The van der Waals surface area contributed by atoms with Crippen molar-refractivity contribution in [1.82, 2.24) is 10.6 Å². The lowest BCUT2D eigenvalue weighted by molar-refractivity contribution is -0.125. The molecule has 0 aromatic heterocycles. The van der Waals surface area contributed by atoms with Crippen LogP contribution < -0.4 is 10.6 Å². The molecule has 0 bridgehead atoms. The summed E-state index contributed by atoms with van der Waals surface area (Å²) < 4.78 is 0. The molecule has 3 N–H and O–H groups in total. The molecular weight excluding hydrogens is 180 g/mol. The molecule has 4 heteroatoms. The van der Waals surface area contributed by atoms with Crippen LogP contribution >= 0.6 is 0 Å². The predicted molar refractivity (Wildman–Crippen MR) is 54.9 cm³/mol. The number of hydrogen-bond donors (Lipinski definition) is 3. The lowest BCUT2D eigenvalue weighted by Crippen LogP contribution is -2.37. The normalized spacial score (nSPS) is 28.8. The average molecular weight is 200 g/mol. The molecule has 1 aliphatic heterocycles. The summed E-state index contributed by atoms with van der Waals surface area (Å²) in [7, 11) is 0. The van der Waals surface area contributed by atoms with Gasteiger partial charge in [0.2, 0.25) is 5.91 Å². The predicted octanol–water partition coefficient (Wildman–Crippen LogP) is -0.128. The summed E-state index contributed by atoms with van der Waals surface area (Å²) in [6.45, 7) is 5.26. The van der Waals surface area contributed by atoms with E-state index >= 15 is 0 Å². The lowest BCUT2D eigenvalue weighted by Gasteiger charge is -2.15. The van der Waals surface area contributed by atoms with Crippen LogP contribution in [-0.2, 0) is 4.79 Å². The highest BCUT2D eigenvalue weighted by Gasteiger charge is 2.28. The number of hydrogen-bond acceptors (Lipinski definition) is 3. The second kappa shape index (κ2) is 5.32. The molecule has 0 aromatic rings. The van der Waals surface area contributed by atoms with Gasteiger partial charge in [-0.05, 0) is 33.2 Å². The van der Waals surface area contributed by atoms with E-state index in [4.69, 9.17) is 5.11 Å². The SMILES string of the molecule is CC(O)CCNC(=O)C1CCNC1C. The number of aliphatic hydroxyl groups excluding tert-OH is 1. The molecule has 0 saturated carbocycles. The van der Waals surface area contributed by atoms with E-state index in [1.54, 1.807) is 6.92 Å². The smallest absolute Gasteiger partial charge is 0.224 e. The molecule has 0 spiro atoms. The Balaban J connectivity index is 2.21. The number of carbonyl (C=O) groups excluding carboxylic acids is 1.